The maximum Gasteiger partial charge on any atom is 0.239 e. The molecule has 2 aromatic carbocycles. The number of thioether (sulfide) groups is 1. The fourth-order valence-corrected chi connectivity index (χ4v) is 3.05. The van der Waals surface area contributed by atoms with Crippen LogP contribution in [0.3, 0.4) is 0 Å². The SMILES string of the molecule is CCN(CC(=O)NCc1ccc(F)cc1)C(=O)CSc1ccc(F)cc1F. The van der Waals surface area contributed by atoms with Crippen molar-refractivity contribution in [2.75, 3.05) is 18.8 Å². The van der Waals surface area contributed by atoms with Gasteiger partial charge in [0.15, 0.2) is 0 Å². The molecule has 0 aromatic heterocycles. The summed E-state index contributed by atoms with van der Waals surface area (Å²) < 4.78 is 39.4. The second-order valence-corrected chi connectivity index (χ2v) is 6.69. The van der Waals surface area contributed by atoms with Gasteiger partial charge in [0.25, 0.3) is 0 Å². The van der Waals surface area contributed by atoms with Gasteiger partial charge in [-0.05, 0) is 36.8 Å². The molecule has 0 aliphatic rings. The highest BCUT2D eigenvalue weighted by Crippen LogP contribution is 2.22. The Kier molecular flexibility index (Phi) is 7.72. The monoisotopic (exact) mass is 396 g/mol. The molecule has 0 fully saturated rings. The number of hydrogen-bond donors (Lipinski definition) is 1. The van der Waals surface area contributed by atoms with Gasteiger partial charge in [-0.2, -0.15) is 0 Å². The number of rotatable bonds is 8. The summed E-state index contributed by atoms with van der Waals surface area (Å²) in [5.74, 6) is -2.52. The Morgan fingerprint density at radius 2 is 1.70 bits per heavy atom. The normalized spacial score (nSPS) is 10.5. The van der Waals surface area contributed by atoms with Gasteiger partial charge < -0.3 is 10.2 Å². The van der Waals surface area contributed by atoms with Crippen LogP contribution in [-0.2, 0) is 16.1 Å². The minimum absolute atomic E-state index is 0.0678. The zero-order valence-electron chi connectivity index (χ0n) is 14.7. The molecule has 1 N–H and O–H groups in total. The number of benzene rings is 2. The molecule has 0 unspecified atom stereocenters. The van der Waals surface area contributed by atoms with Gasteiger partial charge in [0.05, 0.1) is 12.3 Å². The first-order valence-electron chi connectivity index (χ1n) is 8.25. The van der Waals surface area contributed by atoms with Gasteiger partial charge in [0.2, 0.25) is 11.8 Å². The Labute approximate surface area is 159 Å². The molecule has 2 rings (SSSR count). The molecule has 0 atom stereocenters. The Balaban J connectivity index is 1.82. The number of likely N-dealkylation sites (N-methyl/N-ethyl adjacent to an activating group) is 1. The van der Waals surface area contributed by atoms with E-state index in [-0.39, 0.29) is 41.4 Å². The summed E-state index contributed by atoms with van der Waals surface area (Å²) in [4.78, 5) is 25.8. The Morgan fingerprint density at radius 1 is 1.04 bits per heavy atom. The maximum atomic E-state index is 13.6. The highest BCUT2D eigenvalue weighted by Gasteiger charge is 2.16. The smallest absolute Gasteiger partial charge is 0.239 e. The standard InChI is InChI=1S/C19H19F3N2O2S/c1-2-24(11-18(25)23-10-13-3-5-14(20)6-4-13)19(26)12-27-17-8-7-15(21)9-16(17)22/h3-9H,2,10-12H2,1H3,(H,23,25). The van der Waals surface area contributed by atoms with Gasteiger partial charge in [-0.3, -0.25) is 9.59 Å². The van der Waals surface area contributed by atoms with Crippen molar-refractivity contribution in [3.63, 3.8) is 0 Å². The van der Waals surface area contributed by atoms with E-state index in [0.717, 1.165) is 29.5 Å². The number of nitrogens with one attached hydrogen (secondary N) is 1. The van der Waals surface area contributed by atoms with E-state index in [1.54, 1.807) is 19.1 Å². The second kappa shape index (κ2) is 10.0. The average Bonchev–Trinajstić information content (AvgIpc) is 2.64. The third-order valence-corrected chi connectivity index (χ3v) is 4.75. The topological polar surface area (TPSA) is 49.4 Å². The van der Waals surface area contributed by atoms with Crippen LogP contribution in [0.4, 0.5) is 13.2 Å². The maximum absolute atomic E-state index is 13.6. The van der Waals surface area contributed by atoms with Crippen molar-refractivity contribution in [3.05, 3.63) is 65.5 Å². The largest absolute Gasteiger partial charge is 0.350 e. The van der Waals surface area contributed by atoms with E-state index in [9.17, 15) is 22.8 Å². The van der Waals surface area contributed by atoms with Crippen LogP contribution in [0.2, 0.25) is 0 Å². The van der Waals surface area contributed by atoms with Crippen LogP contribution in [0.15, 0.2) is 47.4 Å². The molecule has 0 saturated heterocycles. The Hall–Kier alpha value is -2.48. The van der Waals surface area contributed by atoms with Crippen molar-refractivity contribution in [1.29, 1.82) is 0 Å². The quantitative estimate of drug-likeness (QED) is 0.696. The molecule has 0 aliphatic heterocycles. The van der Waals surface area contributed by atoms with Crippen LogP contribution in [0.25, 0.3) is 0 Å². The number of amides is 2. The molecule has 27 heavy (non-hydrogen) atoms. The first kappa shape index (κ1) is 20.8. The van der Waals surface area contributed by atoms with Crippen LogP contribution in [0.1, 0.15) is 12.5 Å². The molecule has 0 bridgehead atoms. The molecule has 8 heteroatoms. The molecule has 0 spiro atoms. The lowest BCUT2D eigenvalue weighted by atomic mass is 10.2. The molecular formula is C19H19F3N2O2S. The van der Waals surface area contributed by atoms with Gasteiger partial charge in [-0.25, -0.2) is 13.2 Å². The van der Waals surface area contributed by atoms with Crippen molar-refractivity contribution >= 4 is 23.6 Å². The number of halogens is 3. The highest BCUT2D eigenvalue weighted by molar-refractivity contribution is 8.00. The van der Waals surface area contributed by atoms with Crippen LogP contribution >= 0.6 is 11.8 Å². The fourth-order valence-electron chi connectivity index (χ4n) is 2.23. The number of nitrogens with zero attached hydrogens (tertiary/aromatic N) is 1. The van der Waals surface area contributed by atoms with Crippen molar-refractivity contribution < 1.29 is 22.8 Å². The Morgan fingerprint density at radius 3 is 2.33 bits per heavy atom. The zero-order chi connectivity index (χ0) is 19.8. The van der Waals surface area contributed by atoms with Gasteiger partial charge in [0, 0.05) is 24.1 Å². The van der Waals surface area contributed by atoms with Crippen LogP contribution < -0.4 is 5.32 Å². The summed E-state index contributed by atoms with van der Waals surface area (Å²) in [6.07, 6.45) is 0. The predicted octanol–water partition coefficient (Wildman–Crippen LogP) is 3.36. The molecule has 4 nitrogen and oxygen atoms in total. The summed E-state index contributed by atoms with van der Waals surface area (Å²) >= 11 is 0.946. The summed E-state index contributed by atoms with van der Waals surface area (Å²) in [5, 5.41) is 2.66. The summed E-state index contributed by atoms with van der Waals surface area (Å²) in [5.41, 5.74) is 0.737. The number of carbonyl (C=O) groups excluding carboxylic acids is 2. The van der Waals surface area contributed by atoms with E-state index in [1.165, 1.54) is 23.1 Å². The summed E-state index contributed by atoms with van der Waals surface area (Å²) in [7, 11) is 0. The first-order valence-corrected chi connectivity index (χ1v) is 9.24. The highest BCUT2D eigenvalue weighted by atomic mass is 32.2. The molecular weight excluding hydrogens is 377 g/mol. The minimum atomic E-state index is -0.729. The second-order valence-electron chi connectivity index (χ2n) is 5.67. The van der Waals surface area contributed by atoms with E-state index < -0.39 is 11.6 Å². The third kappa shape index (κ3) is 6.63. The van der Waals surface area contributed by atoms with E-state index in [1.807, 2.05) is 0 Å². The first-order chi connectivity index (χ1) is 12.9. The van der Waals surface area contributed by atoms with E-state index in [0.29, 0.717) is 6.54 Å². The van der Waals surface area contributed by atoms with Crippen molar-refractivity contribution in [2.24, 2.45) is 0 Å². The minimum Gasteiger partial charge on any atom is -0.350 e. The van der Waals surface area contributed by atoms with E-state index in [2.05, 4.69) is 5.32 Å². The van der Waals surface area contributed by atoms with Crippen molar-refractivity contribution in [3.8, 4) is 0 Å². The van der Waals surface area contributed by atoms with Crippen molar-refractivity contribution in [1.82, 2.24) is 10.2 Å². The zero-order valence-corrected chi connectivity index (χ0v) is 15.5. The third-order valence-electron chi connectivity index (χ3n) is 3.72. The van der Waals surface area contributed by atoms with Gasteiger partial charge in [-0.1, -0.05) is 12.1 Å². The lowest BCUT2D eigenvalue weighted by Gasteiger charge is -2.20. The molecule has 2 aromatic rings. The van der Waals surface area contributed by atoms with Crippen LogP contribution in [-0.4, -0.2) is 35.6 Å². The van der Waals surface area contributed by atoms with Gasteiger partial charge in [0.1, 0.15) is 17.5 Å². The van der Waals surface area contributed by atoms with E-state index in [4.69, 9.17) is 0 Å². The molecule has 144 valence electrons. The van der Waals surface area contributed by atoms with E-state index >= 15 is 0 Å². The lowest BCUT2D eigenvalue weighted by molar-refractivity contribution is -0.133. The van der Waals surface area contributed by atoms with Crippen molar-refractivity contribution in [2.45, 2.75) is 18.4 Å². The molecule has 0 heterocycles. The summed E-state index contributed by atoms with van der Waals surface area (Å²) in [6, 6.07) is 8.88. The predicted molar refractivity (Wildman–Crippen MR) is 97.6 cm³/mol. The lowest BCUT2D eigenvalue weighted by Crippen LogP contribution is -2.41. The average molecular weight is 396 g/mol. The summed E-state index contributed by atoms with van der Waals surface area (Å²) in [6.45, 7) is 2.13. The van der Waals surface area contributed by atoms with Gasteiger partial charge in [-0.15, -0.1) is 11.8 Å². The molecule has 0 radical (unpaired) electrons. The molecule has 2 amide bonds. The fraction of sp³-hybridized carbons (Fsp3) is 0.263. The van der Waals surface area contributed by atoms with Gasteiger partial charge >= 0.3 is 0 Å². The van der Waals surface area contributed by atoms with Crippen LogP contribution in [0, 0.1) is 17.5 Å². The molecule has 0 saturated carbocycles. The van der Waals surface area contributed by atoms with Crippen LogP contribution in [0.5, 0.6) is 0 Å². The Bertz CT molecular complexity index is 800. The number of hydrogen-bond acceptors (Lipinski definition) is 3. The molecule has 0 aliphatic carbocycles. The number of carbonyl (C=O) groups is 2.